The molecule has 7 atom stereocenters. The van der Waals surface area contributed by atoms with Crippen LogP contribution in [0.15, 0.2) is 35.5 Å². The summed E-state index contributed by atoms with van der Waals surface area (Å²) in [6.07, 6.45) is 15.5. The molecule has 3 heteroatoms. The standard InChI is InChI=1S/C28H42O3/c1-18-7-10-23(29)16-22(18)9-8-21-6-5-13-27(3)24(11-12-25(21)27)19(2)14-20-15-26(30)28(4,31)17-20/h8-9,19-20,23-25,29,31H,1,5-7,10-17H2,2-4H3/b21-8+,22-9-/t19-,20?,23+,24-,25+,27-,28-/m1/s1. The number of fused-ring (bicyclic) bond motifs is 1. The molecule has 0 radical (unpaired) electrons. The van der Waals surface area contributed by atoms with Crippen molar-refractivity contribution < 1.29 is 15.0 Å². The van der Waals surface area contributed by atoms with Crippen molar-refractivity contribution in [2.24, 2.45) is 29.1 Å². The molecule has 0 aromatic heterocycles. The van der Waals surface area contributed by atoms with E-state index in [1.165, 1.54) is 43.3 Å². The largest absolute Gasteiger partial charge is 0.393 e. The molecule has 2 N–H and O–H groups in total. The normalized spacial score (nSPS) is 44.8. The molecule has 3 nitrogen and oxygen atoms in total. The summed E-state index contributed by atoms with van der Waals surface area (Å²) in [4.78, 5) is 12.1. The number of aliphatic hydroxyl groups is 2. The first-order valence-electron chi connectivity index (χ1n) is 12.6. The van der Waals surface area contributed by atoms with Crippen molar-refractivity contribution in [1.29, 1.82) is 0 Å². The van der Waals surface area contributed by atoms with Crippen LogP contribution in [-0.4, -0.2) is 27.7 Å². The fourth-order valence-electron chi connectivity index (χ4n) is 7.70. The van der Waals surface area contributed by atoms with Gasteiger partial charge < -0.3 is 10.2 Å². The molecule has 0 spiro atoms. The number of carbonyl (C=O) groups excluding carboxylic acids is 1. The topological polar surface area (TPSA) is 57.5 Å². The Labute approximate surface area is 188 Å². The fraction of sp³-hybridized carbons (Fsp3) is 0.750. The summed E-state index contributed by atoms with van der Waals surface area (Å²) in [5.41, 5.74) is 3.27. The highest BCUT2D eigenvalue weighted by atomic mass is 16.3. The molecule has 4 saturated carbocycles. The molecule has 0 heterocycles. The number of carbonyl (C=O) groups is 1. The van der Waals surface area contributed by atoms with Crippen LogP contribution in [0.5, 0.6) is 0 Å². The van der Waals surface area contributed by atoms with Gasteiger partial charge in [0.15, 0.2) is 5.78 Å². The van der Waals surface area contributed by atoms with Crippen molar-refractivity contribution in [3.63, 3.8) is 0 Å². The molecular formula is C28H42O3. The Morgan fingerprint density at radius 1 is 1.16 bits per heavy atom. The number of aliphatic hydroxyl groups excluding tert-OH is 1. The van der Waals surface area contributed by atoms with Crippen LogP contribution in [0, 0.1) is 29.1 Å². The minimum absolute atomic E-state index is 0.0329. The highest BCUT2D eigenvalue weighted by molar-refractivity contribution is 5.88. The lowest BCUT2D eigenvalue weighted by Crippen LogP contribution is -2.36. The second-order valence-electron chi connectivity index (χ2n) is 11.7. The molecule has 31 heavy (non-hydrogen) atoms. The van der Waals surface area contributed by atoms with Gasteiger partial charge >= 0.3 is 0 Å². The summed E-state index contributed by atoms with van der Waals surface area (Å²) in [6.45, 7) is 10.8. The van der Waals surface area contributed by atoms with E-state index in [9.17, 15) is 15.0 Å². The first kappa shape index (κ1) is 23.0. The number of hydrogen-bond donors (Lipinski definition) is 2. The molecule has 4 rings (SSSR count). The second-order valence-corrected chi connectivity index (χ2v) is 11.7. The molecule has 172 valence electrons. The van der Waals surface area contributed by atoms with E-state index in [4.69, 9.17) is 0 Å². The van der Waals surface area contributed by atoms with E-state index in [2.05, 4.69) is 32.6 Å². The van der Waals surface area contributed by atoms with Crippen LogP contribution >= 0.6 is 0 Å². The fourth-order valence-corrected chi connectivity index (χ4v) is 7.70. The summed E-state index contributed by atoms with van der Waals surface area (Å²) >= 11 is 0. The maximum Gasteiger partial charge on any atom is 0.164 e. The smallest absolute Gasteiger partial charge is 0.164 e. The Balaban J connectivity index is 1.46. The van der Waals surface area contributed by atoms with E-state index >= 15 is 0 Å². The van der Waals surface area contributed by atoms with Gasteiger partial charge in [0.2, 0.25) is 0 Å². The van der Waals surface area contributed by atoms with Crippen molar-refractivity contribution in [1.82, 2.24) is 0 Å². The predicted molar refractivity (Wildman–Crippen MR) is 125 cm³/mol. The molecule has 4 fully saturated rings. The highest BCUT2D eigenvalue weighted by Crippen LogP contribution is 2.60. The van der Waals surface area contributed by atoms with E-state index in [0.29, 0.717) is 41.9 Å². The van der Waals surface area contributed by atoms with Crippen LogP contribution in [0.1, 0.15) is 91.4 Å². The SMILES string of the molecule is C=C1CC[C@H](O)C/C1=C/C=C1\CCC[C@]2(C)[C@@H]([C@H](C)CC3CC(=O)[C@](C)(O)C3)CC[C@@H]12. The molecule has 0 amide bonds. The molecule has 4 aliphatic rings. The Hall–Kier alpha value is -1.19. The van der Waals surface area contributed by atoms with Gasteiger partial charge in [-0.05, 0) is 106 Å². The highest BCUT2D eigenvalue weighted by Gasteiger charge is 2.51. The molecule has 0 saturated heterocycles. The van der Waals surface area contributed by atoms with Crippen LogP contribution in [-0.2, 0) is 4.79 Å². The van der Waals surface area contributed by atoms with Gasteiger partial charge in [0.25, 0.3) is 0 Å². The summed E-state index contributed by atoms with van der Waals surface area (Å²) in [7, 11) is 0. The molecule has 0 aromatic carbocycles. The monoisotopic (exact) mass is 426 g/mol. The maximum atomic E-state index is 12.1. The summed E-state index contributed by atoms with van der Waals surface area (Å²) < 4.78 is 0. The first-order chi connectivity index (χ1) is 14.6. The van der Waals surface area contributed by atoms with E-state index < -0.39 is 5.60 Å². The lowest BCUT2D eigenvalue weighted by atomic mass is 9.60. The van der Waals surface area contributed by atoms with Crippen molar-refractivity contribution in [3.8, 4) is 0 Å². The van der Waals surface area contributed by atoms with Crippen molar-refractivity contribution in [3.05, 3.63) is 35.5 Å². The quantitative estimate of drug-likeness (QED) is 0.587. The average molecular weight is 427 g/mol. The molecular weight excluding hydrogens is 384 g/mol. The lowest BCUT2D eigenvalue weighted by Gasteiger charge is -2.44. The molecule has 1 unspecified atom stereocenters. The summed E-state index contributed by atoms with van der Waals surface area (Å²) in [6, 6.07) is 0. The Morgan fingerprint density at radius 2 is 1.94 bits per heavy atom. The number of allylic oxidation sites excluding steroid dienone is 4. The van der Waals surface area contributed by atoms with E-state index in [0.717, 1.165) is 25.7 Å². The third kappa shape index (κ3) is 4.50. The number of hydrogen-bond acceptors (Lipinski definition) is 3. The van der Waals surface area contributed by atoms with Crippen LogP contribution in [0.4, 0.5) is 0 Å². The minimum Gasteiger partial charge on any atom is -0.393 e. The van der Waals surface area contributed by atoms with Gasteiger partial charge in [0.05, 0.1) is 6.10 Å². The molecule has 0 aliphatic heterocycles. The predicted octanol–water partition coefficient (Wildman–Crippen LogP) is 5.91. The van der Waals surface area contributed by atoms with E-state index in [-0.39, 0.29) is 11.9 Å². The lowest BCUT2D eigenvalue weighted by molar-refractivity contribution is -0.131. The van der Waals surface area contributed by atoms with Crippen molar-refractivity contribution in [2.45, 2.75) is 103 Å². The Kier molecular flexibility index (Phi) is 6.40. The second kappa shape index (κ2) is 8.63. The van der Waals surface area contributed by atoms with Gasteiger partial charge in [0.1, 0.15) is 5.60 Å². The zero-order valence-corrected chi connectivity index (χ0v) is 19.8. The maximum absolute atomic E-state index is 12.1. The van der Waals surface area contributed by atoms with Crippen LogP contribution in [0.2, 0.25) is 0 Å². The van der Waals surface area contributed by atoms with Gasteiger partial charge in [-0.2, -0.15) is 0 Å². The Morgan fingerprint density at radius 3 is 2.65 bits per heavy atom. The summed E-state index contributed by atoms with van der Waals surface area (Å²) in [5, 5.41) is 20.3. The average Bonchev–Trinajstić information content (AvgIpc) is 3.17. The van der Waals surface area contributed by atoms with E-state index in [1.54, 1.807) is 12.5 Å². The zero-order valence-electron chi connectivity index (χ0n) is 19.8. The third-order valence-electron chi connectivity index (χ3n) is 9.38. The number of rotatable bonds is 4. The van der Waals surface area contributed by atoms with E-state index in [1.807, 2.05) is 0 Å². The van der Waals surface area contributed by atoms with Gasteiger partial charge in [-0.1, -0.05) is 43.7 Å². The molecule has 0 bridgehead atoms. The number of ketones is 1. The Bertz CT molecular complexity index is 788. The van der Waals surface area contributed by atoms with Gasteiger partial charge in [-0.25, -0.2) is 0 Å². The van der Waals surface area contributed by atoms with Crippen molar-refractivity contribution in [2.75, 3.05) is 0 Å². The van der Waals surface area contributed by atoms with Crippen molar-refractivity contribution >= 4 is 5.78 Å². The molecule has 0 aromatic rings. The zero-order chi connectivity index (χ0) is 22.4. The summed E-state index contributed by atoms with van der Waals surface area (Å²) in [5.74, 6) is 2.31. The van der Waals surface area contributed by atoms with Gasteiger partial charge in [0, 0.05) is 6.42 Å². The number of Topliss-reactive ketones (excluding diaryl/α,β-unsaturated/α-hetero) is 1. The third-order valence-corrected chi connectivity index (χ3v) is 9.38. The van der Waals surface area contributed by atoms with Crippen LogP contribution in [0.25, 0.3) is 0 Å². The molecule has 4 aliphatic carbocycles. The van der Waals surface area contributed by atoms with Crippen LogP contribution in [0.3, 0.4) is 0 Å². The van der Waals surface area contributed by atoms with Gasteiger partial charge in [-0.15, -0.1) is 0 Å². The van der Waals surface area contributed by atoms with Crippen LogP contribution < -0.4 is 0 Å². The first-order valence-corrected chi connectivity index (χ1v) is 12.6. The van der Waals surface area contributed by atoms with Gasteiger partial charge in [-0.3, -0.25) is 4.79 Å². The minimum atomic E-state index is -1.10.